The molecule has 160 valence electrons. The fraction of sp³-hybridized carbons (Fsp3) is 0.364. The van der Waals surface area contributed by atoms with Crippen LogP contribution in [0.5, 0.6) is 0 Å². The third-order valence-corrected chi connectivity index (χ3v) is 6.45. The number of carbonyl (C=O) groups is 1. The van der Waals surface area contributed by atoms with E-state index < -0.39 is 0 Å². The Labute approximate surface area is 184 Å². The van der Waals surface area contributed by atoms with Crippen LogP contribution in [-0.4, -0.2) is 31.0 Å². The lowest BCUT2D eigenvalue weighted by atomic mass is 10.2. The molecule has 3 aromatic rings. The van der Waals surface area contributed by atoms with Crippen LogP contribution >= 0.6 is 11.8 Å². The maximum Gasteiger partial charge on any atom is 0.236 e. The van der Waals surface area contributed by atoms with Gasteiger partial charge in [0.2, 0.25) is 5.91 Å². The largest absolute Gasteiger partial charge is 0.310 e. The van der Waals surface area contributed by atoms with Crippen molar-refractivity contribution in [3.63, 3.8) is 0 Å². The number of rotatable bonds is 7. The zero-order valence-electron chi connectivity index (χ0n) is 17.6. The summed E-state index contributed by atoms with van der Waals surface area (Å²) < 4.78 is 17.6. The Kier molecular flexibility index (Phi) is 5.83. The van der Waals surface area contributed by atoms with E-state index in [4.69, 9.17) is 0 Å². The van der Waals surface area contributed by atoms with Crippen LogP contribution in [0.4, 0.5) is 10.2 Å². The summed E-state index contributed by atoms with van der Waals surface area (Å²) in [6, 6.07) is 8.24. The van der Waals surface area contributed by atoms with Gasteiger partial charge in [-0.2, -0.15) is 5.26 Å². The molecule has 0 radical (unpaired) electrons. The van der Waals surface area contributed by atoms with Crippen LogP contribution < -0.4 is 5.32 Å². The van der Waals surface area contributed by atoms with Crippen molar-refractivity contribution in [2.45, 2.75) is 51.2 Å². The van der Waals surface area contributed by atoms with Gasteiger partial charge in [0, 0.05) is 18.2 Å². The molecule has 2 heterocycles. The summed E-state index contributed by atoms with van der Waals surface area (Å²) in [5.74, 6) is 1.29. The molecule has 0 saturated heterocycles. The summed E-state index contributed by atoms with van der Waals surface area (Å²) in [4.78, 5) is 12.8. The third-order valence-electron chi connectivity index (χ3n) is 5.49. The van der Waals surface area contributed by atoms with Crippen LogP contribution in [0.25, 0.3) is 5.69 Å². The van der Waals surface area contributed by atoms with Crippen molar-refractivity contribution in [1.82, 2.24) is 19.3 Å². The number of benzene rings is 1. The highest BCUT2D eigenvalue weighted by Gasteiger charge is 2.30. The van der Waals surface area contributed by atoms with E-state index in [1.165, 1.54) is 23.9 Å². The van der Waals surface area contributed by atoms with Crippen molar-refractivity contribution >= 4 is 23.5 Å². The van der Waals surface area contributed by atoms with Crippen molar-refractivity contribution in [2.75, 3.05) is 11.1 Å². The minimum absolute atomic E-state index is 0.125. The summed E-state index contributed by atoms with van der Waals surface area (Å²) in [7, 11) is 0. The lowest BCUT2D eigenvalue weighted by Gasteiger charge is -2.13. The summed E-state index contributed by atoms with van der Waals surface area (Å²) >= 11 is 1.32. The average molecular weight is 439 g/mol. The summed E-state index contributed by atoms with van der Waals surface area (Å²) in [6.45, 7) is 6.45. The van der Waals surface area contributed by atoms with E-state index in [1.807, 2.05) is 20.8 Å². The predicted octanol–water partition coefficient (Wildman–Crippen LogP) is 4.32. The maximum absolute atomic E-state index is 13.8. The van der Waals surface area contributed by atoms with Crippen LogP contribution in [0.1, 0.15) is 48.3 Å². The zero-order chi connectivity index (χ0) is 22.1. The molecule has 0 bridgehead atoms. The maximum atomic E-state index is 13.8. The Hall–Kier alpha value is -3.12. The Morgan fingerprint density at radius 1 is 1.35 bits per heavy atom. The van der Waals surface area contributed by atoms with Crippen molar-refractivity contribution in [3.8, 4) is 11.8 Å². The van der Waals surface area contributed by atoms with Crippen molar-refractivity contribution in [2.24, 2.45) is 0 Å². The minimum atomic E-state index is -0.389. The van der Waals surface area contributed by atoms with Crippen LogP contribution in [-0.2, 0) is 11.3 Å². The lowest BCUT2D eigenvalue weighted by Crippen LogP contribution is -2.18. The lowest BCUT2D eigenvalue weighted by molar-refractivity contribution is -0.113. The quantitative estimate of drug-likeness (QED) is 0.555. The SMILES string of the molecule is CCn1c(SCC(=O)Nc2c(C#N)c(C)c(C)n2-c2cccc(F)c2)nnc1C1CC1. The molecule has 1 aromatic carbocycles. The Balaban J connectivity index is 1.57. The van der Waals surface area contributed by atoms with E-state index in [-0.39, 0.29) is 17.5 Å². The molecule has 1 N–H and O–H groups in total. The number of anilines is 1. The fourth-order valence-corrected chi connectivity index (χ4v) is 4.45. The van der Waals surface area contributed by atoms with Gasteiger partial charge in [-0.05, 0) is 57.4 Å². The van der Waals surface area contributed by atoms with Crippen molar-refractivity contribution < 1.29 is 9.18 Å². The first kappa shape index (κ1) is 21.1. The molecular weight excluding hydrogens is 415 g/mol. The molecule has 31 heavy (non-hydrogen) atoms. The summed E-state index contributed by atoms with van der Waals surface area (Å²) in [6.07, 6.45) is 2.27. The molecule has 1 amide bonds. The number of nitrogens with one attached hydrogen (secondary N) is 1. The Morgan fingerprint density at radius 2 is 2.13 bits per heavy atom. The first-order valence-corrected chi connectivity index (χ1v) is 11.2. The average Bonchev–Trinajstić information content (AvgIpc) is 3.46. The van der Waals surface area contributed by atoms with Crippen LogP contribution in [0.3, 0.4) is 0 Å². The van der Waals surface area contributed by atoms with Crippen molar-refractivity contribution in [3.05, 3.63) is 52.7 Å². The molecule has 0 spiro atoms. The molecular formula is C22H23FN6OS. The number of halogens is 1. The van der Waals surface area contributed by atoms with Gasteiger partial charge in [-0.25, -0.2) is 4.39 Å². The van der Waals surface area contributed by atoms with E-state index >= 15 is 0 Å². The number of thioether (sulfide) groups is 1. The van der Waals surface area contributed by atoms with Gasteiger partial charge in [-0.1, -0.05) is 17.8 Å². The molecule has 1 fully saturated rings. The molecule has 2 aromatic heterocycles. The highest BCUT2D eigenvalue weighted by molar-refractivity contribution is 7.99. The van der Waals surface area contributed by atoms with Gasteiger partial charge in [0.25, 0.3) is 0 Å². The Morgan fingerprint density at radius 3 is 2.77 bits per heavy atom. The first-order chi connectivity index (χ1) is 14.9. The van der Waals surface area contributed by atoms with E-state index in [2.05, 4.69) is 26.2 Å². The number of nitriles is 1. The number of carbonyl (C=O) groups excluding carboxylic acids is 1. The highest BCUT2D eigenvalue weighted by Crippen LogP contribution is 2.40. The minimum Gasteiger partial charge on any atom is -0.310 e. The molecule has 0 atom stereocenters. The van der Waals surface area contributed by atoms with E-state index in [0.717, 1.165) is 36.5 Å². The summed E-state index contributed by atoms with van der Waals surface area (Å²) in [5.41, 5.74) is 2.43. The van der Waals surface area contributed by atoms with Gasteiger partial charge < -0.3 is 9.88 Å². The summed E-state index contributed by atoms with van der Waals surface area (Å²) in [5, 5.41) is 21.8. The topological polar surface area (TPSA) is 88.5 Å². The van der Waals surface area contributed by atoms with E-state index in [9.17, 15) is 14.4 Å². The van der Waals surface area contributed by atoms with Crippen LogP contribution in [0.2, 0.25) is 0 Å². The zero-order valence-corrected chi connectivity index (χ0v) is 18.5. The number of amides is 1. The molecule has 1 aliphatic carbocycles. The molecule has 0 unspecified atom stereocenters. The van der Waals surface area contributed by atoms with Gasteiger partial charge in [0.05, 0.1) is 17.0 Å². The molecule has 0 aliphatic heterocycles. The number of nitrogens with zero attached hydrogens (tertiary/aromatic N) is 5. The third kappa shape index (κ3) is 4.08. The predicted molar refractivity (Wildman–Crippen MR) is 117 cm³/mol. The highest BCUT2D eigenvalue weighted by atomic mass is 32.2. The second kappa shape index (κ2) is 8.55. The molecule has 9 heteroatoms. The molecule has 1 saturated carbocycles. The number of hydrogen-bond acceptors (Lipinski definition) is 5. The van der Waals surface area contributed by atoms with Gasteiger partial charge >= 0.3 is 0 Å². The second-order valence-electron chi connectivity index (χ2n) is 7.56. The smallest absolute Gasteiger partial charge is 0.236 e. The number of hydrogen-bond donors (Lipinski definition) is 1. The van der Waals surface area contributed by atoms with Gasteiger partial charge in [-0.15, -0.1) is 10.2 Å². The van der Waals surface area contributed by atoms with Gasteiger partial charge in [-0.3, -0.25) is 9.36 Å². The Bertz CT molecular complexity index is 1190. The van der Waals surface area contributed by atoms with Gasteiger partial charge in [0.1, 0.15) is 23.5 Å². The van der Waals surface area contributed by atoms with Gasteiger partial charge in [0.15, 0.2) is 5.16 Å². The normalized spacial score (nSPS) is 13.3. The molecule has 7 nitrogen and oxygen atoms in total. The van der Waals surface area contributed by atoms with Crippen molar-refractivity contribution in [1.29, 1.82) is 5.26 Å². The van der Waals surface area contributed by atoms with E-state index in [1.54, 1.807) is 16.7 Å². The number of aromatic nitrogens is 4. The van der Waals surface area contributed by atoms with Crippen LogP contribution in [0, 0.1) is 31.0 Å². The second-order valence-corrected chi connectivity index (χ2v) is 8.50. The molecule has 1 aliphatic rings. The first-order valence-electron chi connectivity index (χ1n) is 10.2. The fourth-order valence-electron chi connectivity index (χ4n) is 3.64. The monoisotopic (exact) mass is 438 g/mol. The van der Waals surface area contributed by atoms with Crippen LogP contribution in [0.15, 0.2) is 29.4 Å². The standard InChI is InChI=1S/C22H23FN6OS/c1-4-28-20(15-8-9-15)26-27-22(28)31-12-19(30)25-21-18(11-24)13(2)14(3)29(21)17-7-5-6-16(23)10-17/h5-7,10,15H,4,8-9,12H2,1-3H3,(H,25,30). The molecule has 4 rings (SSSR count). The van der Waals surface area contributed by atoms with E-state index in [0.29, 0.717) is 28.1 Å².